The Kier molecular flexibility index (Phi) is 7.38. The van der Waals surface area contributed by atoms with E-state index in [4.69, 9.17) is 15.6 Å². The number of nitrogens with zero attached hydrogens (tertiary/aromatic N) is 1. The molecule has 10 heteroatoms. The highest BCUT2D eigenvalue weighted by Gasteiger charge is 2.21. The monoisotopic (exact) mass is 401 g/mol. The number of esters is 1. The number of hydrogen-bond donors (Lipinski definition) is 3. The lowest BCUT2D eigenvalue weighted by Crippen LogP contribution is -2.31. The smallest absolute Gasteiger partial charge is 0.345 e. The molecule has 0 saturated carbocycles. The molecule has 152 valence electrons. The molecule has 0 unspecified atom stereocenters. The summed E-state index contributed by atoms with van der Waals surface area (Å²) in [4.78, 5) is 45.3. The van der Waals surface area contributed by atoms with E-state index in [1.165, 1.54) is 24.3 Å². The van der Waals surface area contributed by atoms with Gasteiger partial charge in [-0.05, 0) is 18.6 Å². The van der Waals surface area contributed by atoms with Gasteiger partial charge >= 0.3 is 11.9 Å². The van der Waals surface area contributed by atoms with Crippen LogP contribution in [0.25, 0.3) is 0 Å². The number of para-hydroxylation sites is 2. The van der Waals surface area contributed by atoms with Gasteiger partial charge in [-0.3, -0.25) is 19.7 Å². The van der Waals surface area contributed by atoms with Gasteiger partial charge in [-0.15, -0.1) is 0 Å². The van der Waals surface area contributed by atoms with Crippen LogP contribution in [0.15, 0.2) is 48.5 Å². The summed E-state index contributed by atoms with van der Waals surface area (Å²) in [7, 11) is 0. The standard InChI is InChI=1S/C19H19N3O7/c20-14(18(24)25)9-10-17(23)21-15-7-3-1-5-12(15)11-29-19(26)13-6-2-4-8-16(13)22(27)28/h1-8,14H,9-11,20H2,(H,21,23)(H,24,25)/t14-/m0/s1. The average Bonchev–Trinajstić information content (AvgIpc) is 2.70. The normalized spacial score (nSPS) is 11.3. The summed E-state index contributed by atoms with van der Waals surface area (Å²) in [6.07, 6.45) is -0.131. The van der Waals surface area contributed by atoms with Gasteiger partial charge < -0.3 is 20.9 Å². The van der Waals surface area contributed by atoms with Gasteiger partial charge in [-0.1, -0.05) is 30.3 Å². The number of carbonyl (C=O) groups excluding carboxylic acids is 2. The molecular weight excluding hydrogens is 382 g/mol. The van der Waals surface area contributed by atoms with E-state index in [0.717, 1.165) is 0 Å². The molecule has 0 fully saturated rings. The van der Waals surface area contributed by atoms with Crippen LogP contribution in [0.5, 0.6) is 0 Å². The lowest BCUT2D eigenvalue weighted by molar-refractivity contribution is -0.385. The Balaban J connectivity index is 2.02. The fourth-order valence-electron chi connectivity index (χ4n) is 2.42. The molecule has 0 heterocycles. The van der Waals surface area contributed by atoms with Crippen LogP contribution >= 0.6 is 0 Å². The van der Waals surface area contributed by atoms with E-state index in [2.05, 4.69) is 5.32 Å². The molecule has 0 aliphatic carbocycles. The Hall–Kier alpha value is -3.79. The van der Waals surface area contributed by atoms with Crippen LogP contribution in [0, 0.1) is 10.1 Å². The second kappa shape index (κ2) is 9.95. The minimum atomic E-state index is -1.19. The summed E-state index contributed by atoms with van der Waals surface area (Å²) in [5.74, 6) is -2.51. The summed E-state index contributed by atoms with van der Waals surface area (Å²) in [5, 5.41) is 22.4. The maximum absolute atomic E-state index is 12.2. The van der Waals surface area contributed by atoms with Crippen LogP contribution in [0.4, 0.5) is 11.4 Å². The van der Waals surface area contributed by atoms with Crippen molar-refractivity contribution in [2.24, 2.45) is 5.73 Å². The maximum atomic E-state index is 12.2. The molecule has 2 aromatic rings. The number of anilines is 1. The fourth-order valence-corrected chi connectivity index (χ4v) is 2.42. The first-order valence-electron chi connectivity index (χ1n) is 8.56. The minimum absolute atomic E-state index is 0.0318. The summed E-state index contributed by atoms with van der Waals surface area (Å²) < 4.78 is 5.16. The summed E-state index contributed by atoms with van der Waals surface area (Å²) in [6, 6.07) is 10.8. The second-order valence-electron chi connectivity index (χ2n) is 6.04. The van der Waals surface area contributed by atoms with E-state index < -0.39 is 28.8 Å². The van der Waals surface area contributed by atoms with Gasteiger partial charge in [0.15, 0.2) is 0 Å². The molecule has 0 bridgehead atoms. The molecule has 10 nitrogen and oxygen atoms in total. The summed E-state index contributed by atoms with van der Waals surface area (Å²) in [5.41, 5.74) is 5.67. The van der Waals surface area contributed by atoms with Crippen molar-refractivity contribution in [3.63, 3.8) is 0 Å². The molecule has 2 aromatic carbocycles. The Morgan fingerprint density at radius 2 is 1.79 bits per heavy atom. The van der Waals surface area contributed by atoms with Gasteiger partial charge in [0.25, 0.3) is 5.69 Å². The zero-order valence-electron chi connectivity index (χ0n) is 15.2. The van der Waals surface area contributed by atoms with E-state index in [9.17, 15) is 24.5 Å². The number of ether oxygens (including phenoxy) is 1. The average molecular weight is 401 g/mol. The molecule has 0 aromatic heterocycles. The molecule has 1 amide bonds. The van der Waals surface area contributed by atoms with E-state index in [-0.39, 0.29) is 30.7 Å². The zero-order valence-corrected chi connectivity index (χ0v) is 15.2. The lowest BCUT2D eigenvalue weighted by Gasteiger charge is -2.12. The van der Waals surface area contributed by atoms with E-state index in [1.807, 2.05) is 0 Å². The quantitative estimate of drug-likeness (QED) is 0.327. The highest BCUT2D eigenvalue weighted by atomic mass is 16.6. The molecule has 0 saturated heterocycles. The molecule has 1 atom stereocenters. The summed E-state index contributed by atoms with van der Waals surface area (Å²) >= 11 is 0. The van der Waals surface area contributed by atoms with Gasteiger partial charge in [0.1, 0.15) is 18.2 Å². The number of carboxylic acids is 1. The van der Waals surface area contributed by atoms with Crippen LogP contribution in [0.2, 0.25) is 0 Å². The van der Waals surface area contributed by atoms with Crippen LogP contribution in [0.1, 0.15) is 28.8 Å². The number of nitro benzene ring substituents is 1. The number of aliphatic carboxylic acids is 1. The largest absolute Gasteiger partial charge is 0.480 e. The number of benzene rings is 2. The SMILES string of the molecule is N[C@@H](CCC(=O)Nc1ccccc1COC(=O)c1ccccc1[N+](=O)[O-])C(=O)O. The highest BCUT2D eigenvalue weighted by molar-refractivity contribution is 5.94. The van der Waals surface area contributed by atoms with Crippen molar-refractivity contribution in [2.45, 2.75) is 25.5 Å². The van der Waals surface area contributed by atoms with E-state index >= 15 is 0 Å². The lowest BCUT2D eigenvalue weighted by atomic mass is 10.1. The number of nitro groups is 1. The molecule has 0 radical (unpaired) electrons. The predicted octanol–water partition coefficient (Wildman–Crippen LogP) is 2.08. The Morgan fingerprint density at radius 1 is 1.14 bits per heavy atom. The topological polar surface area (TPSA) is 162 Å². The first-order valence-corrected chi connectivity index (χ1v) is 8.56. The van der Waals surface area contributed by atoms with Crippen molar-refractivity contribution in [3.8, 4) is 0 Å². The van der Waals surface area contributed by atoms with Crippen molar-refractivity contribution in [1.29, 1.82) is 0 Å². The first-order chi connectivity index (χ1) is 13.8. The number of carboxylic acid groups (broad SMARTS) is 1. The van der Waals surface area contributed by atoms with Gasteiger partial charge in [0.05, 0.1) is 4.92 Å². The molecule has 4 N–H and O–H groups in total. The summed E-state index contributed by atoms with van der Waals surface area (Å²) in [6.45, 7) is -0.226. The van der Waals surface area contributed by atoms with Crippen LogP contribution in [-0.4, -0.2) is 33.9 Å². The minimum Gasteiger partial charge on any atom is -0.480 e. The zero-order chi connectivity index (χ0) is 21.4. The van der Waals surface area contributed by atoms with Crippen LogP contribution in [-0.2, 0) is 20.9 Å². The third-order valence-electron chi connectivity index (χ3n) is 3.97. The van der Waals surface area contributed by atoms with Crippen molar-refractivity contribution in [2.75, 3.05) is 5.32 Å². The number of nitrogens with one attached hydrogen (secondary N) is 1. The van der Waals surface area contributed by atoms with E-state index in [0.29, 0.717) is 11.3 Å². The molecule has 0 aliphatic rings. The van der Waals surface area contributed by atoms with E-state index in [1.54, 1.807) is 24.3 Å². The number of rotatable bonds is 9. The van der Waals surface area contributed by atoms with Crippen LogP contribution < -0.4 is 11.1 Å². The van der Waals surface area contributed by atoms with Gasteiger partial charge in [0, 0.05) is 23.7 Å². The third-order valence-corrected chi connectivity index (χ3v) is 3.97. The Labute approximate surface area is 165 Å². The van der Waals surface area contributed by atoms with Crippen molar-refractivity contribution >= 4 is 29.2 Å². The number of amides is 1. The maximum Gasteiger partial charge on any atom is 0.345 e. The highest BCUT2D eigenvalue weighted by Crippen LogP contribution is 2.21. The van der Waals surface area contributed by atoms with Gasteiger partial charge in [-0.2, -0.15) is 0 Å². The van der Waals surface area contributed by atoms with Gasteiger partial charge in [-0.25, -0.2) is 4.79 Å². The Bertz CT molecular complexity index is 930. The van der Waals surface area contributed by atoms with Crippen molar-refractivity contribution in [3.05, 3.63) is 69.8 Å². The first kappa shape index (κ1) is 21.5. The molecule has 0 spiro atoms. The molecular formula is C19H19N3O7. The predicted molar refractivity (Wildman–Crippen MR) is 102 cm³/mol. The number of nitrogens with two attached hydrogens (primary N) is 1. The number of hydrogen-bond acceptors (Lipinski definition) is 7. The molecule has 29 heavy (non-hydrogen) atoms. The number of carbonyl (C=O) groups is 3. The van der Waals surface area contributed by atoms with Crippen molar-refractivity contribution in [1.82, 2.24) is 0 Å². The second-order valence-corrected chi connectivity index (χ2v) is 6.04. The van der Waals surface area contributed by atoms with Crippen molar-refractivity contribution < 1.29 is 29.2 Å². The Morgan fingerprint density at radius 3 is 2.48 bits per heavy atom. The third kappa shape index (κ3) is 6.11. The van der Waals surface area contributed by atoms with Gasteiger partial charge in [0.2, 0.25) is 5.91 Å². The van der Waals surface area contributed by atoms with Crippen LogP contribution in [0.3, 0.4) is 0 Å². The molecule has 0 aliphatic heterocycles. The fraction of sp³-hybridized carbons (Fsp3) is 0.211. The molecule has 2 rings (SSSR count).